The van der Waals surface area contributed by atoms with Gasteiger partial charge in [-0.15, -0.1) is 0 Å². The Labute approximate surface area is 119 Å². The van der Waals surface area contributed by atoms with E-state index in [2.05, 4.69) is 10.2 Å². The van der Waals surface area contributed by atoms with Crippen molar-refractivity contribution in [3.8, 4) is 0 Å². The minimum absolute atomic E-state index is 0.00274. The fourth-order valence-corrected chi connectivity index (χ4v) is 2.32. The van der Waals surface area contributed by atoms with Crippen LogP contribution in [0.3, 0.4) is 0 Å². The number of nitrogens with zero attached hydrogens (tertiary/aromatic N) is 1. The second kappa shape index (κ2) is 8.68. The number of Topliss-reactive ketones (excluding diaryl/α,β-unsaturated/α-hetero) is 1. The van der Waals surface area contributed by atoms with Crippen molar-refractivity contribution in [3.05, 3.63) is 0 Å². The van der Waals surface area contributed by atoms with Gasteiger partial charge in [-0.3, -0.25) is 19.3 Å². The Morgan fingerprint density at radius 1 is 1.25 bits per heavy atom. The zero-order valence-corrected chi connectivity index (χ0v) is 12.3. The fraction of sp³-hybridized carbons (Fsp3) is 0.786. The summed E-state index contributed by atoms with van der Waals surface area (Å²) in [5.41, 5.74) is 0. The standard InChI is InChI=1S/C14H24N2O4/c1-3-20-14(19)8-13(18)10-16-6-4-12(5-7-16)9-15-11(2)17/h12H,3-10H2,1-2H3,(H,15,17). The molecule has 1 amide bonds. The number of hydrogen-bond acceptors (Lipinski definition) is 5. The number of nitrogens with one attached hydrogen (secondary N) is 1. The first kappa shape index (κ1) is 16.6. The van der Waals surface area contributed by atoms with Crippen LogP contribution < -0.4 is 5.32 Å². The molecule has 1 heterocycles. The molecule has 114 valence electrons. The summed E-state index contributed by atoms with van der Waals surface area (Å²) in [7, 11) is 0. The van der Waals surface area contributed by atoms with E-state index in [1.807, 2.05) is 0 Å². The average molecular weight is 284 g/mol. The summed E-state index contributed by atoms with van der Waals surface area (Å²) >= 11 is 0. The van der Waals surface area contributed by atoms with Gasteiger partial charge in [-0.25, -0.2) is 0 Å². The summed E-state index contributed by atoms with van der Waals surface area (Å²) in [6.45, 7) is 6.23. The van der Waals surface area contributed by atoms with E-state index < -0.39 is 5.97 Å². The highest BCUT2D eigenvalue weighted by Crippen LogP contribution is 2.16. The Morgan fingerprint density at radius 2 is 1.90 bits per heavy atom. The summed E-state index contributed by atoms with van der Waals surface area (Å²) in [4.78, 5) is 35.8. The molecule has 0 atom stereocenters. The molecule has 0 saturated carbocycles. The molecule has 0 aromatic carbocycles. The molecule has 1 N–H and O–H groups in total. The smallest absolute Gasteiger partial charge is 0.313 e. The van der Waals surface area contributed by atoms with Gasteiger partial charge in [-0.05, 0) is 38.8 Å². The lowest BCUT2D eigenvalue weighted by Crippen LogP contribution is -2.40. The van der Waals surface area contributed by atoms with Crippen molar-refractivity contribution in [3.63, 3.8) is 0 Å². The van der Waals surface area contributed by atoms with E-state index in [-0.39, 0.29) is 18.1 Å². The summed E-state index contributed by atoms with van der Waals surface area (Å²) in [5.74, 6) is -0.0610. The monoisotopic (exact) mass is 284 g/mol. The van der Waals surface area contributed by atoms with Gasteiger partial charge in [0.05, 0.1) is 13.2 Å². The number of hydrogen-bond donors (Lipinski definition) is 1. The van der Waals surface area contributed by atoms with Crippen LogP contribution in [0.15, 0.2) is 0 Å². The first-order valence-electron chi connectivity index (χ1n) is 7.15. The Hall–Kier alpha value is -1.43. The van der Waals surface area contributed by atoms with Crippen molar-refractivity contribution in [1.29, 1.82) is 0 Å². The van der Waals surface area contributed by atoms with Crippen LogP contribution in [0.5, 0.6) is 0 Å². The van der Waals surface area contributed by atoms with Gasteiger partial charge < -0.3 is 10.1 Å². The highest BCUT2D eigenvalue weighted by Gasteiger charge is 2.21. The lowest BCUT2D eigenvalue weighted by molar-refractivity contribution is -0.145. The lowest BCUT2D eigenvalue weighted by atomic mass is 9.96. The molecule has 6 nitrogen and oxygen atoms in total. The first-order chi connectivity index (χ1) is 9.51. The van der Waals surface area contributed by atoms with E-state index in [0.717, 1.165) is 25.9 Å². The molecule has 0 unspecified atom stereocenters. The van der Waals surface area contributed by atoms with E-state index in [9.17, 15) is 14.4 Å². The summed E-state index contributed by atoms with van der Waals surface area (Å²) < 4.78 is 4.75. The van der Waals surface area contributed by atoms with Crippen molar-refractivity contribution in [2.24, 2.45) is 5.92 Å². The predicted octanol–water partition coefficient (Wildman–Crippen LogP) is 0.357. The zero-order chi connectivity index (χ0) is 15.0. The molecule has 0 spiro atoms. The SMILES string of the molecule is CCOC(=O)CC(=O)CN1CCC(CNC(C)=O)CC1. The number of ether oxygens (including phenoxy) is 1. The van der Waals surface area contributed by atoms with Crippen LogP contribution in [-0.4, -0.2) is 55.3 Å². The number of likely N-dealkylation sites (tertiary alicyclic amines) is 1. The highest BCUT2D eigenvalue weighted by molar-refractivity contribution is 5.96. The number of ketones is 1. The van der Waals surface area contributed by atoms with E-state index in [1.165, 1.54) is 6.92 Å². The molecule has 0 aromatic rings. The molecule has 0 aliphatic carbocycles. The highest BCUT2D eigenvalue weighted by atomic mass is 16.5. The van der Waals surface area contributed by atoms with Crippen molar-refractivity contribution >= 4 is 17.7 Å². The van der Waals surface area contributed by atoms with Gasteiger partial charge in [0.25, 0.3) is 0 Å². The molecule has 1 fully saturated rings. The van der Waals surface area contributed by atoms with Crippen LogP contribution >= 0.6 is 0 Å². The maximum Gasteiger partial charge on any atom is 0.313 e. The molecule has 1 rings (SSSR count). The van der Waals surface area contributed by atoms with Crippen molar-refractivity contribution in [2.75, 3.05) is 32.8 Å². The molecule has 1 saturated heterocycles. The van der Waals surface area contributed by atoms with Gasteiger partial charge in [-0.2, -0.15) is 0 Å². The van der Waals surface area contributed by atoms with Crippen molar-refractivity contribution in [2.45, 2.75) is 33.1 Å². The Balaban J connectivity index is 2.20. The van der Waals surface area contributed by atoms with E-state index >= 15 is 0 Å². The average Bonchev–Trinajstić information content (AvgIpc) is 2.37. The van der Waals surface area contributed by atoms with E-state index in [0.29, 0.717) is 25.6 Å². The first-order valence-corrected chi connectivity index (χ1v) is 7.15. The van der Waals surface area contributed by atoms with Gasteiger partial charge in [-0.1, -0.05) is 0 Å². The number of esters is 1. The normalized spacial score (nSPS) is 16.7. The molecule has 1 aliphatic rings. The number of amides is 1. The molecule has 6 heteroatoms. The van der Waals surface area contributed by atoms with Crippen LogP contribution in [0.1, 0.15) is 33.1 Å². The molecule has 0 aromatic heterocycles. The van der Waals surface area contributed by atoms with Crippen molar-refractivity contribution in [1.82, 2.24) is 10.2 Å². The van der Waals surface area contributed by atoms with Crippen LogP contribution in [0, 0.1) is 5.92 Å². The fourth-order valence-electron chi connectivity index (χ4n) is 2.32. The lowest BCUT2D eigenvalue weighted by Gasteiger charge is -2.31. The van der Waals surface area contributed by atoms with Gasteiger partial charge in [0.2, 0.25) is 5.91 Å². The van der Waals surface area contributed by atoms with Gasteiger partial charge in [0.15, 0.2) is 5.78 Å². The molecular formula is C14H24N2O4. The van der Waals surface area contributed by atoms with E-state index in [1.54, 1.807) is 6.92 Å². The van der Waals surface area contributed by atoms with Gasteiger partial charge in [0.1, 0.15) is 6.42 Å². The van der Waals surface area contributed by atoms with Crippen LogP contribution in [-0.2, 0) is 19.1 Å². The summed E-state index contributed by atoms with van der Waals surface area (Å²) in [6.07, 6.45) is 1.79. The summed E-state index contributed by atoms with van der Waals surface area (Å²) in [6, 6.07) is 0. The van der Waals surface area contributed by atoms with Crippen LogP contribution in [0.4, 0.5) is 0 Å². The van der Waals surface area contributed by atoms with E-state index in [4.69, 9.17) is 4.74 Å². The third-order valence-electron chi connectivity index (χ3n) is 3.39. The topological polar surface area (TPSA) is 75.7 Å². The number of carbonyl (C=O) groups is 3. The Kier molecular flexibility index (Phi) is 7.22. The molecule has 0 radical (unpaired) electrons. The Morgan fingerprint density at radius 3 is 2.45 bits per heavy atom. The largest absolute Gasteiger partial charge is 0.466 e. The summed E-state index contributed by atoms with van der Waals surface area (Å²) in [5, 5.41) is 2.83. The second-order valence-electron chi connectivity index (χ2n) is 5.18. The minimum atomic E-state index is -0.446. The third-order valence-corrected chi connectivity index (χ3v) is 3.39. The number of rotatable bonds is 7. The number of carbonyl (C=O) groups excluding carboxylic acids is 3. The maximum absolute atomic E-state index is 11.7. The molecule has 20 heavy (non-hydrogen) atoms. The van der Waals surface area contributed by atoms with Gasteiger partial charge >= 0.3 is 5.97 Å². The minimum Gasteiger partial charge on any atom is -0.466 e. The quantitative estimate of drug-likeness (QED) is 0.539. The molecular weight excluding hydrogens is 260 g/mol. The van der Waals surface area contributed by atoms with Crippen LogP contribution in [0.2, 0.25) is 0 Å². The molecule has 0 bridgehead atoms. The Bertz CT molecular complexity index is 349. The van der Waals surface area contributed by atoms with Crippen LogP contribution in [0.25, 0.3) is 0 Å². The second-order valence-corrected chi connectivity index (χ2v) is 5.18. The zero-order valence-electron chi connectivity index (χ0n) is 12.3. The number of piperidine rings is 1. The van der Waals surface area contributed by atoms with Gasteiger partial charge in [0, 0.05) is 13.5 Å². The maximum atomic E-state index is 11.7. The van der Waals surface area contributed by atoms with Crippen molar-refractivity contribution < 1.29 is 19.1 Å². The third kappa shape index (κ3) is 6.65. The molecule has 1 aliphatic heterocycles. The predicted molar refractivity (Wildman–Crippen MR) is 74.1 cm³/mol.